The molecule has 5 atom stereocenters. The second-order valence-corrected chi connectivity index (χ2v) is 7.35. The summed E-state index contributed by atoms with van der Waals surface area (Å²) in [4.78, 5) is 0. The van der Waals surface area contributed by atoms with Crippen LogP contribution in [0.2, 0.25) is 0 Å². The first kappa shape index (κ1) is 14.3. The number of hydrogen-bond donors (Lipinski definition) is 1. The zero-order valence-electron chi connectivity index (χ0n) is 13.4. The highest BCUT2D eigenvalue weighted by Crippen LogP contribution is 2.50. The maximum absolute atomic E-state index is 11.4. The van der Waals surface area contributed by atoms with Gasteiger partial charge in [0.2, 0.25) is 0 Å². The van der Waals surface area contributed by atoms with Gasteiger partial charge in [-0.25, -0.2) is 4.68 Å². The van der Waals surface area contributed by atoms with E-state index in [4.69, 9.17) is 14.2 Å². The third-order valence-electron chi connectivity index (χ3n) is 5.86. The Labute approximate surface area is 134 Å². The highest BCUT2D eigenvalue weighted by molar-refractivity contribution is 5.30. The molecule has 1 aliphatic carbocycles. The molecule has 1 saturated carbocycles. The van der Waals surface area contributed by atoms with Gasteiger partial charge in [0.1, 0.15) is 12.2 Å². The van der Waals surface area contributed by atoms with E-state index in [0.717, 1.165) is 17.8 Å². The van der Waals surface area contributed by atoms with Crippen LogP contribution < -0.4 is 0 Å². The van der Waals surface area contributed by atoms with E-state index < -0.39 is 18.0 Å². The molecule has 4 aliphatic rings. The summed E-state index contributed by atoms with van der Waals surface area (Å²) in [6.07, 6.45) is 5.59. The molecule has 0 radical (unpaired) electrons. The Morgan fingerprint density at radius 2 is 2.04 bits per heavy atom. The Bertz CT molecular complexity index is 614. The molecule has 4 heterocycles. The van der Waals surface area contributed by atoms with E-state index >= 15 is 0 Å². The highest BCUT2D eigenvalue weighted by atomic mass is 16.8. The van der Waals surface area contributed by atoms with Gasteiger partial charge in [-0.2, -0.15) is 0 Å². The Morgan fingerprint density at radius 1 is 1.22 bits per heavy atom. The molecule has 0 aromatic carbocycles. The van der Waals surface area contributed by atoms with E-state index in [9.17, 15) is 5.11 Å². The van der Waals surface area contributed by atoms with Crippen molar-refractivity contribution in [3.63, 3.8) is 0 Å². The molecule has 0 bridgehead atoms. The Morgan fingerprint density at radius 3 is 2.87 bits per heavy atom. The number of nitrogens with zero attached hydrogens (tertiary/aromatic N) is 3. The van der Waals surface area contributed by atoms with Crippen LogP contribution in [0.1, 0.15) is 50.4 Å². The van der Waals surface area contributed by atoms with Crippen molar-refractivity contribution in [2.45, 2.75) is 82.4 Å². The number of ether oxygens (including phenoxy) is 3. The average Bonchev–Trinajstić information content (AvgIpc) is 3.22. The predicted octanol–water partition coefficient (Wildman–Crippen LogP) is 1.09. The smallest absolute Gasteiger partial charge is 0.190 e. The lowest BCUT2D eigenvalue weighted by atomic mass is 9.83. The van der Waals surface area contributed by atoms with Gasteiger partial charge in [-0.3, -0.25) is 0 Å². The highest BCUT2D eigenvalue weighted by Gasteiger charge is 2.66. The lowest BCUT2D eigenvalue weighted by molar-refractivity contribution is -0.179. The summed E-state index contributed by atoms with van der Waals surface area (Å²) >= 11 is 0. The largest absolute Gasteiger partial charge is 0.378 e. The van der Waals surface area contributed by atoms with Crippen LogP contribution in [-0.2, 0) is 32.8 Å². The van der Waals surface area contributed by atoms with Crippen molar-refractivity contribution in [1.82, 2.24) is 15.0 Å². The third kappa shape index (κ3) is 1.97. The number of fused-ring (bicyclic) bond motifs is 5. The Balaban J connectivity index is 1.47. The van der Waals surface area contributed by atoms with Gasteiger partial charge in [-0.1, -0.05) is 37.3 Å². The molecular formula is C16H23N3O4. The van der Waals surface area contributed by atoms with Crippen LogP contribution in [-0.4, -0.2) is 44.9 Å². The van der Waals surface area contributed by atoms with Gasteiger partial charge in [-0.15, -0.1) is 5.10 Å². The zero-order valence-corrected chi connectivity index (χ0v) is 13.4. The summed E-state index contributed by atoms with van der Waals surface area (Å²) in [5.41, 5.74) is 0.510. The minimum atomic E-state index is -1.19. The molecule has 0 amide bonds. The van der Waals surface area contributed by atoms with E-state index in [1.165, 1.54) is 32.1 Å². The first-order valence-electron chi connectivity index (χ1n) is 8.78. The summed E-state index contributed by atoms with van der Waals surface area (Å²) in [7, 11) is 0. The van der Waals surface area contributed by atoms with E-state index in [2.05, 4.69) is 10.3 Å². The van der Waals surface area contributed by atoms with Crippen LogP contribution in [0.3, 0.4) is 0 Å². The minimum absolute atomic E-state index is 0.360. The molecule has 0 spiro atoms. The molecule has 3 aliphatic heterocycles. The molecule has 23 heavy (non-hydrogen) atoms. The SMILES string of the molecule is CC1OC2OC3Cn4nnc(CC5CCCCC5)c4C3(O)C2O1. The number of rotatable bonds is 2. The monoisotopic (exact) mass is 321 g/mol. The van der Waals surface area contributed by atoms with Gasteiger partial charge in [0.05, 0.1) is 17.9 Å². The molecule has 5 rings (SSSR count). The van der Waals surface area contributed by atoms with E-state index in [1.807, 2.05) is 6.92 Å². The number of hydrogen-bond acceptors (Lipinski definition) is 6. The fourth-order valence-corrected chi connectivity index (χ4v) is 4.77. The fraction of sp³-hybridized carbons (Fsp3) is 0.875. The predicted molar refractivity (Wildman–Crippen MR) is 78.3 cm³/mol. The molecule has 1 aromatic heterocycles. The number of aromatic nitrogens is 3. The molecule has 7 heteroatoms. The average molecular weight is 321 g/mol. The third-order valence-corrected chi connectivity index (χ3v) is 5.86. The van der Waals surface area contributed by atoms with Gasteiger partial charge >= 0.3 is 0 Å². The van der Waals surface area contributed by atoms with Crippen molar-refractivity contribution >= 4 is 0 Å². The quantitative estimate of drug-likeness (QED) is 0.878. The minimum Gasteiger partial charge on any atom is -0.378 e. The Hall–Kier alpha value is -1.02. The first-order chi connectivity index (χ1) is 11.2. The molecule has 2 saturated heterocycles. The van der Waals surface area contributed by atoms with Crippen molar-refractivity contribution in [1.29, 1.82) is 0 Å². The van der Waals surface area contributed by atoms with Gasteiger partial charge in [0, 0.05) is 0 Å². The topological polar surface area (TPSA) is 78.6 Å². The van der Waals surface area contributed by atoms with E-state index in [1.54, 1.807) is 4.68 Å². The number of aliphatic hydroxyl groups is 1. The van der Waals surface area contributed by atoms with E-state index in [0.29, 0.717) is 12.5 Å². The van der Waals surface area contributed by atoms with E-state index in [-0.39, 0.29) is 12.4 Å². The summed E-state index contributed by atoms with van der Waals surface area (Å²) < 4.78 is 19.1. The van der Waals surface area contributed by atoms with Crippen LogP contribution in [0.5, 0.6) is 0 Å². The molecule has 5 unspecified atom stereocenters. The van der Waals surface area contributed by atoms with Crippen molar-refractivity contribution in [3.8, 4) is 0 Å². The summed E-state index contributed by atoms with van der Waals surface area (Å²) in [5, 5.41) is 20.1. The van der Waals surface area contributed by atoms with Crippen LogP contribution in [0, 0.1) is 5.92 Å². The summed E-state index contributed by atoms with van der Waals surface area (Å²) in [6, 6.07) is 0. The van der Waals surface area contributed by atoms with Crippen LogP contribution in [0.25, 0.3) is 0 Å². The maximum Gasteiger partial charge on any atom is 0.190 e. The van der Waals surface area contributed by atoms with Gasteiger partial charge in [-0.05, 0) is 19.3 Å². The molecule has 7 nitrogen and oxygen atoms in total. The van der Waals surface area contributed by atoms with Crippen molar-refractivity contribution < 1.29 is 19.3 Å². The molecular weight excluding hydrogens is 298 g/mol. The van der Waals surface area contributed by atoms with Crippen LogP contribution in [0.15, 0.2) is 0 Å². The fourth-order valence-electron chi connectivity index (χ4n) is 4.77. The maximum atomic E-state index is 11.4. The van der Waals surface area contributed by atoms with Crippen LogP contribution in [0.4, 0.5) is 0 Å². The molecule has 1 aromatic rings. The molecule has 1 N–H and O–H groups in total. The Kier molecular flexibility index (Phi) is 3.11. The lowest BCUT2D eigenvalue weighted by Crippen LogP contribution is -2.43. The molecule has 3 fully saturated rings. The van der Waals surface area contributed by atoms with Crippen LogP contribution >= 0.6 is 0 Å². The summed E-state index contributed by atoms with van der Waals surface area (Å²) in [5.74, 6) is 0.644. The standard InChI is InChI=1S/C16H23N3O4/c1-9-21-14-15(22-9)23-12-8-19-13(16(12,14)20)11(17-18-19)7-10-5-3-2-4-6-10/h9-10,12,14-15,20H,2-8H2,1H3. The zero-order chi connectivity index (χ0) is 15.6. The van der Waals surface area contributed by atoms with Gasteiger partial charge < -0.3 is 19.3 Å². The first-order valence-corrected chi connectivity index (χ1v) is 8.78. The van der Waals surface area contributed by atoms with Gasteiger partial charge in [0.15, 0.2) is 18.2 Å². The van der Waals surface area contributed by atoms with Gasteiger partial charge in [0.25, 0.3) is 0 Å². The summed E-state index contributed by atoms with van der Waals surface area (Å²) in [6.45, 7) is 2.34. The van der Waals surface area contributed by atoms with Crippen molar-refractivity contribution in [2.24, 2.45) is 5.92 Å². The van der Waals surface area contributed by atoms with Crippen molar-refractivity contribution in [3.05, 3.63) is 11.4 Å². The normalized spacial score (nSPS) is 42.7. The van der Waals surface area contributed by atoms with Crippen molar-refractivity contribution in [2.75, 3.05) is 0 Å². The second-order valence-electron chi connectivity index (χ2n) is 7.35. The molecule has 126 valence electrons. The second kappa shape index (κ2) is 4.99. The lowest BCUT2D eigenvalue weighted by Gasteiger charge is -2.27.